The summed E-state index contributed by atoms with van der Waals surface area (Å²) in [6.45, 7) is -0.580. The molecule has 2 rings (SSSR count). The number of rotatable bonds is 10. The van der Waals surface area contributed by atoms with Gasteiger partial charge in [-0.3, -0.25) is 24.1 Å². The largest absolute Gasteiger partial charge is 0.469 e. The van der Waals surface area contributed by atoms with E-state index < -0.39 is 24.7 Å². The number of pyridine rings is 1. The van der Waals surface area contributed by atoms with E-state index in [-0.39, 0.29) is 31.7 Å². The Morgan fingerprint density at radius 1 is 1.00 bits per heavy atom. The first-order valence-corrected chi connectivity index (χ1v) is 9.00. The molecule has 0 bridgehead atoms. The molecule has 0 atom stereocenters. The first kappa shape index (κ1) is 22.4. The van der Waals surface area contributed by atoms with E-state index in [1.54, 1.807) is 30.4 Å². The van der Waals surface area contributed by atoms with Gasteiger partial charge in [0.15, 0.2) is 0 Å². The predicted octanol–water partition coefficient (Wildman–Crippen LogP) is 1.61. The van der Waals surface area contributed by atoms with Crippen molar-refractivity contribution in [2.75, 3.05) is 25.3 Å². The van der Waals surface area contributed by atoms with Crippen molar-refractivity contribution in [3.63, 3.8) is 0 Å². The van der Waals surface area contributed by atoms with Crippen LogP contribution in [0, 0.1) is 0 Å². The molecule has 1 amide bonds. The fraction of sp³-hybridized carbons (Fsp3) is 0.286. The monoisotopic (exact) mass is 412 g/mol. The Kier molecular flexibility index (Phi) is 8.80. The topological polar surface area (TPSA) is 112 Å². The van der Waals surface area contributed by atoms with Gasteiger partial charge in [-0.2, -0.15) is 0 Å². The molecule has 0 saturated heterocycles. The lowest BCUT2D eigenvalue weighted by atomic mass is 10.1. The van der Waals surface area contributed by atoms with Crippen LogP contribution in [0.4, 0.5) is 5.82 Å². The number of hydrogen-bond donors (Lipinski definition) is 0. The second kappa shape index (κ2) is 11.8. The Morgan fingerprint density at radius 3 is 2.37 bits per heavy atom. The first-order chi connectivity index (χ1) is 14.5. The van der Waals surface area contributed by atoms with Gasteiger partial charge in [0.25, 0.3) is 5.91 Å². The van der Waals surface area contributed by atoms with Crippen molar-refractivity contribution in [1.29, 1.82) is 0 Å². The van der Waals surface area contributed by atoms with E-state index in [0.29, 0.717) is 11.4 Å². The molecule has 1 aliphatic rings. The van der Waals surface area contributed by atoms with Crippen molar-refractivity contribution in [1.82, 2.24) is 4.98 Å². The lowest BCUT2D eigenvalue weighted by Crippen LogP contribution is -2.34. The third-order valence-electron chi connectivity index (χ3n) is 3.82. The molecule has 1 aromatic rings. The third-order valence-corrected chi connectivity index (χ3v) is 3.82. The van der Waals surface area contributed by atoms with Gasteiger partial charge in [-0.05, 0) is 24.3 Å². The number of anilines is 1. The van der Waals surface area contributed by atoms with Crippen LogP contribution in [0.25, 0.3) is 0 Å². The number of aromatic nitrogens is 1. The molecule has 9 nitrogen and oxygen atoms in total. The summed E-state index contributed by atoms with van der Waals surface area (Å²) < 4.78 is 14.0. The van der Waals surface area contributed by atoms with Crippen molar-refractivity contribution in [2.24, 2.45) is 0 Å². The fourth-order valence-corrected chi connectivity index (χ4v) is 2.28. The number of nitrogens with zero attached hydrogens (tertiary/aromatic N) is 2. The quantitative estimate of drug-likeness (QED) is 0.324. The molecule has 0 N–H and O–H groups in total. The van der Waals surface area contributed by atoms with E-state index >= 15 is 0 Å². The van der Waals surface area contributed by atoms with Crippen molar-refractivity contribution in [3.8, 4) is 0 Å². The summed E-state index contributed by atoms with van der Waals surface area (Å²) in [7, 11) is 1.21. The van der Waals surface area contributed by atoms with Gasteiger partial charge < -0.3 is 14.2 Å². The van der Waals surface area contributed by atoms with Crippen molar-refractivity contribution in [2.45, 2.75) is 19.3 Å². The molecule has 0 fully saturated rings. The van der Waals surface area contributed by atoms with Gasteiger partial charge in [-0.1, -0.05) is 17.5 Å². The summed E-state index contributed by atoms with van der Waals surface area (Å²) in [5, 5.41) is 0. The molecular weight excluding hydrogens is 392 g/mol. The van der Waals surface area contributed by atoms with Crippen LogP contribution in [0.5, 0.6) is 0 Å². The van der Waals surface area contributed by atoms with Crippen LogP contribution in [-0.4, -0.2) is 49.2 Å². The molecule has 0 unspecified atom stereocenters. The van der Waals surface area contributed by atoms with Gasteiger partial charge in [-0.15, -0.1) is 0 Å². The summed E-state index contributed by atoms with van der Waals surface area (Å²) in [5.41, 5.74) is 5.79. The highest BCUT2D eigenvalue weighted by molar-refractivity contribution is 6.07. The number of carbonyl (C=O) groups is 4. The molecule has 156 valence electrons. The average molecular weight is 412 g/mol. The minimum atomic E-state index is -0.698. The van der Waals surface area contributed by atoms with Crippen LogP contribution >= 0.6 is 0 Å². The van der Waals surface area contributed by atoms with Gasteiger partial charge in [-0.25, -0.2) is 4.98 Å². The van der Waals surface area contributed by atoms with Crippen LogP contribution in [0.15, 0.2) is 59.7 Å². The molecule has 0 radical (unpaired) electrons. The van der Waals surface area contributed by atoms with E-state index in [9.17, 15) is 19.2 Å². The highest BCUT2D eigenvalue weighted by Gasteiger charge is 2.21. The number of esters is 3. The fourth-order valence-electron chi connectivity index (χ4n) is 2.28. The summed E-state index contributed by atoms with van der Waals surface area (Å²) >= 11 is 0. The molecule has 9 heteroatoms. The predicted molar refractivity (Wildman–Crippen MR) is 104 cm³/mol. The number of methoxy groups -OCH3 is 1. The highest BCUT2D eigenvalue weighted by Crippen LogP contribution is 2.15. The van der Waals surface area contributed by atoms with Gasteiger partial charge in [0.05, 0.1) is 26.4 Å². The van der Waals surface area contributed by atoms with Gasteiger partial charge >= 0.3 is 17.9 Å². The Labute approximate surface area is 172 Å². The summed E-state index contributed by atoms with van der Waals surface area (Å²) in [6, 6.07) is 5.07. The number of hydrogen-bond acceptors (Lipinski definition) is 8. The zero-order valence-electron chi connectivity index (χ0n) is 16.3. The van der Waals surface area contributed by atoms with Crippen LogP contribution < -0.4 is 4.90 Å². The zero-order chi connectivity index (χ0) is 21.8. The van der Waals surface area contributed by atoms with Crippen molar-refractivity contribution >= 4 is 29.6 Å². The summed E-state index contributed by atoms with van der Waals surface area (Å²) in [5.74, 6) is -1.90. The van der Waals surface area contributed by atoms with Crippen LogP contribution in [0.1, 0.15) is 19.3 Å². The minimum absolute atomic E-state index is 0.00355. The molecular formula is C21H20N2O7. The van der Waals surface area contributed by atoms with Crippen LogP contribution in [0.2, 0.25) is 0 Å². The summed E-state index contributed by atoms with van der Waals surface area (Å²) in [4.78, 5) is 52.7. The maximum absolute atomic E-state index is 12.8. The maximum Gasteiger partial charge on any atom is 0.310 e. The van der Waals surface area contributed by atoms with E-state index in [2.05, 4.69) is 21.2 Å². The van der Waals surface area contributed by atoms with Crippen molar-refractivity contribution < 1.29 is 33.4 Å². The molecule has 1 aliphatic carbocycles. The van der Waals surface area contributed by atoms with Gasteiger partial charge in [0.2, 0.25) is 6.79 Å². The number of carbonyl (C=O) groups excluding carboxylic acids is 4. The van der Waals surface area contributed by atoms with E-state index in [0.717, 1.165) is 0 Å². The highest BCUT2D eigenvalue weighted by atomic mass is 16.7. The van der Waals surface area contributed by atoms with E-state index in [1.165, 1.54) is 24.3 Å². The minimum Gasteiger partial charge on any atom is -0.469 e. The van der Waals surface area contributed by atoms with Crippen LogP contribution in [0.3, 0.4) is 0 Å². The van der Waals surface area contributed by atoms with Crippen molar-refractivity contribution in [3.05, 3.63) is 59.7 Å². The van der Waals surface area contributed by atoms with E-state index in [4.69, 9.17) is 9.47 Å². The lowest BCUT2D eigenvalue weighted by molar-refractivity contribution is -0.168. The maximum atomic E-state index is 12.8. The second-order valence-electron chi connectivity index (χ2n) is 5.84. The average Bonchev–Trinajstić information content (AvgIpc) is 2.78. The third kappa shape index (κ3) is 7.24. The number of ether oxygens (including phenoxy) is 3. The van der Waals surface area contributed by atoms with Crippen LogP contribution in [-0.2, 0) is 33.4 Å². The van der Waals surface area contributed by atoms with E-state index in [1.807, 2.05) is 0 Å². The second-order valence-corrected chi connectivity index (χ2v) is 5.84. The molecule has 0 spiro atoms. The number of amides is 1. The molecule has 0 aromatic carbocycles. The normalized spacial score (nSPS) is 11.4. The smallest absolute Gasteiger partial charge is 0.310 e. The molecule has 0 saturated carbocycles. The molecule has 1 heterocycles. The first-order valence-electron chi connectivity index (χ1n) is 9.00. The standard InChI is InChI=1S/C21H20N2O7/c1-28-18(24)10-11-19(25)29-15-30-20(26)12-14-23(17-9-5-6-13-22-17)21(27)16-7-3-2-4-8-16/h3,5-9,13H,10-12,14-15H2,1H3. The van der Waals surface area contributed by atoms with Gasteiger partial charge in [0.1, 0.15) is 5.82 Å². The lowest BCUT2D eigenvalue weighted by Gasteiger charge is -2.21. The zero-order valence-corrected chi connectivity index (χ0v) is 16.3. The number of allylic oxidation sites excluding steroid dienone is 2. The Balaban J connectivity index is 1.85. The van der Waals surface area contributed by atoms with Gasteiger partial charge in [0, 0.05) is 24.4 Å². The molecule has 30 heavy (non-hydrogen) atoms. The Morgan fingerprint density at radius 2 is 1.73 bits per heavy atom. The SMILES string of the molecule is COC(=O)CCC(=O)OCOC(=O)CCN(C(=O)C1=CC=C=C=C1)c1ccccn1. The summed E-state index contributed by atoms with van der Waals surface area (Å²) in [6.07, 6.45) is 5.71. The Bertz CT molecular complexity index is 924. The molecule has 1 aromatic heterocycles. The molecule has 0 aliphatic heterocycles. The Hall–Kier alpha value is -3.93.